The summed E-state index contributed by atoms with van der Waals surface area (Å²) < 4.78 is 5.15. The summed E-state index contributed by atoms with van der Waals surface area (Å²) in [6.45, 7) is 13.1. The van der Waals surface area contributed by atoms with Crippen molar-refractivity contribution in [3.63, 3.8) is 0 Å². The fourth-order valence-corrected chi connectivity index (χ4v) is 4.67. The first-order valence-electron chi connectivity index (χ1n) is 13.1. The van der Waals surface area contributed by atoms with E-state index in [0.717, 1.165) is 48.3 Å². The molecular weight excluding hydrogens is 440 g/mol. The highest BCUT2D eigenvalue weighted by Crippen LogP contribution is 2.27. The van der Waals surface area contributed by atoms with Crippen molar-refractivity contribution >= 4 is 17.5 Å². The van der Waals surface area contributed by atoms with Crippen molar-refractivity contribution in [3.05, 3.63) is 46.8 Å². The van der Waals surface area contributed by atoms with Gasteiger partial charge in [-0.25, -0.2) is 0 Å². The van der Waals surface area contributed by atoms with Gasteiger partial charge in [0.2, 0.25) is 5.91 Å². The molecule has 2 aromatic rings. The topological polar surface area (TPSA) is 78.7 Å². The second kappa shape index (κ2) is 12.9. The Morgan fingerprint density at radius 2 is 1.77 bits per heavy atom. The van der Waals surface area contributed by atoms with Gasteiger partial charge in [-0.15, -0.1) is 0 Å². The fourth-order valence-electron chi connectivity index (χ4n) is 4.67. The van der Waals surface area contributed by atoms with Crippen LogP contribution < -0.4 is 10.2 Å². The van der Waals surface area contributed by atoms with Gasteiger partial charge in [-0.1, -0.05) is 38.3 Å². The standard InChI is InChI=1S/C28H42N4O3/c1-20(2)15-26-25(19-35-30-26)17-29-28(34)23-11-12-27-24(16-23)18-31(21(3)4)13-9-7-6-8-10-14-32(27)22(5)33/h11-12,16,19-21H,6-10,13-15,17-18H2,1-5H3,(H,29,34). The molecule has 192 valence electrons. The molecule has 0 fully saturated rings. The van der Waals surface area contributed by atoms with Gasteiger partial charge in [0.1, 0.15) is 6.26 Å². The SMILES string of the molecule is CC(=O)N1CCCCCCCN(C(C)C)Cc2cc(C(=O)NCc3conc3CC(C)C)ccc21. The average Bonchev–Trinajstić information content (AvgIpc) is 3.23. The number of carbonyl (C=O) groups is 2. The van der Waals surface area contributed by atoms with Crippen LogP contribution in [0.25, 0.3) is 0 Å². The molecule has 0 atom stereocenters. The van der Waals surface area contributed by atoms with Crippen LogP contribution in [0.4, 0.5) is 5.69 Å². The summed E-state index contributed by atoms with van der Waals surface area (Å²) in [6.07, 6.45) is 8.13. The van der Waals surface area contributed by atoms with E-state index >= 15 is 0 Å². The molecule has 0 unspecified atom stereocenters. The van der Waals surface area contributed by atoms with Crippen LogP contribution in [0.5, 0.6) is 0 Å². The lowest BCUT2D eigenvalue weighted by Crippen LogP contribution is -2.35. The Morgan fingerprint density at radius 3 is 2.46 bits per heavy atom. The zero-order valence-electron chi connectivity index (χ0n) is 22.1. The number of hydrogen-bond acceptors (Lipinski definition) is 5. The molecule has 0 radical (unpaired) electrons. The lowest BCUT2D eigenvalue weighted by Gasteiger charge is -2.31. The van der Waals surface area contributed by atoms with E-state index in [1.165, 1.54) is 19.3 Å². The van der Waals surface area contributed by atoms with Crippen LogP contribution in [-0.4, -0.2) is 41.0 Å². The first-order valence-corrected chi connectivity index (χ1v) is 13.1. The molecule has 35 heavy (non-hydrogen) atoms. The van der Waals surface area contributed by atoms with Gasteiger partial charge in [0, 0.05) is 49.4 Å². The molecule has 0 aliphatic carbocycles. The number of nitrogens with one attached hydrogen (secondary N) is 1. The van der Waals surface area contributed by atoms with Crippen LogP contribution in [0.15, 0.2) is 29.0 Å². The maximum atomic E-state index is 13.1. The molecule has 0 saturated heterocycles. The Kier molecular flexibility index (Phi) is 9.90. The molecule has 7 heteroatoms. The Bertz CT molecular complexity index is 982. The van der Waals surface area contributed by atoms with Gasteiger partial charge in [-0.2, -0.15) is 0 Å². The smallest absolute Gasteiger partial charge is 0.251 e. The number of hydrogen-bond donors (Lipinski definition) is 1. The Balaban J connectivity index is 1.85. The molecular formula is C28H42N4O3. The Hall–Kier alpha value is -2.67. The van der Waals surface area contributed by atoms with Crippen molar-refractivity contribution in [1.29, 1.82) is 0 Å². The van der Waals surface area contributed by atoms with Crippen LogP contribution in [-0.2, 0) is 24.3 Å². The number of benzene rings is 1. The lowest BCUT2D eigenvalue weighted by atomic mass is 10.0. The number of anilines is 1. The predicted molar refractivity (Wildman–Crippen MR) is 139 cm³/mol. The molecule has 7 nitrogen and oxygen atoms in total. The summed E-state index contributed by atoms with van der Waals surface area (Å²) in [5.74, 6) is 0.362. The van der Waals surface area contributed by atoms with Crippen molar-refractivity contribution in [3.8, 4) is 0 Å². The highest BCUT2D eigenvalue weighted by molar-refractivity contribution is 5.97. The third-order valence-corrected chi connectivity index (χ3v) is 6.71. The van der Waals surface area contributed by atoms with Gasteiger partial charge < -0.3 is 14.7 Å². The van der Waals surface area contributed by atoms with Gasteiger partial charge in [0.05, 0.1) is 5.69 Å². The van der Waals surface area contributed by atoms with Crippen LogP contribution in [0.3, 0.4) is 0 Å². The van der Waals surface area contributed by atoms with Crippen molar-refractivity contribution in [2.75, 3.05) is 18.0 Å². The molecule has 2 amide bonds. The minimum atomic E-state index is -0.138. The van der Waals surface area contributed by atoms with Crippen LogP contribution in [0.2, 0.25) is 0 Å². The third-order valence-electron chi connectivity index (χ3n) is 6.71. The molecule has 1 aliphatic rings. The highest BCUT2D eigenvalue weighted by Gasteiger charge is 2.21. The first-order chi connectivity index (χ1) is 16.8. The van der Waals surface area contributed by atoms with E-state index in [-0.39, 0.29) is 11.8 Å². The number of rotatable bonds is 6. The normalized spacial score (nSPS) is 16.0. The fraction of sp³-hybridized carbons (Fsp3) is 0.607. The molecule has 2 heterocycles. The van der Waals surface area contributed by atoms with Crippen molar-refractivity contribution in [1.82, 2.24) is 15.4 Å². The summed E-state index contributed by atoms with van der Waals surface area (Å²) >= 11 is 0. The number of fused-ring (bicyclic) bond motifs is 1. The zero-order chi connectivity index (χ0) is 25.4. The van der Waals surface area contributed by atoms with E-state index in [9.17, 15) is 9.59 Å². The van der Waals surface area contributed by atoms with Crippen LogP contribution in [0.1, 0.15) is 93.9 Å². The number of nitrogens with zero attached hydrogens (tertiary/aromatic N) is 3. The Morgan fingerprint density at radius 1 is 1.06 bits per heavy atom. The maximum absolute atomic E-state index is 13.1. The van der Waals surface area contributed by atoms with E-state index in [1.807, 2.05) is 23.1 Å². The second-order valence-electron chi connectivity index (χ2n) is 10.4. The molecule has 3 rings (SSSR count). The van der Waals surface area contributed by atoms with E-state index in [1.54, 1.807) is 13.2 Å². The van der Waals surface area contributed by atoms with E-state index in [0.29, 0.717) is 37.2 Å². The largest absolute Gasteiger partial charge is 0.364 e. The second-order valence-corrected chi connectivity index (χ2v) is 10.4. The average molecular weight is 483 g/mol. The van der Waals surface area contributed by atoms with Gasteiger partial charge in [-0.3, -0.25) is 14.5 Å². The summed E-state index contributed by atoms with van der Waals surface area (Å²) in [5.41, 5.74) is 4.34. The molecule has 0 saturated carbocycles. The van der Waals surface area contributed by atoms with E-state index in [4.69, 9.17) is 4.52 Å². The molecule has 1 aromatic carbocycles. The van der Waals surface area contributed by atoms with Gasteiger partial charge in [0.25, 0.3) is 5.91 Å². The maximum Gasteiger partial charge on any atom is 0.251 e. The zero-order valence-corrected chi connectivity index (χ0v) is 22.1. The quantitative estimate of drug-likeness (QED) is 0.602. The Labute approximate surface area is 210 Å². The third kappa shape index (κ3) is 7.66. The van der Waals surface area contributed by atoms with Crippen molar-refractivity contribution in [2.24, 2.45) is 5.92 Å². The lowest BCUT2D eigenvalue weighted by molar-refractivity contribution is -0.116. The minimum absolute atomic E-state index is 0.0433. The molecule has 1 aromatic heterocycles. The summed E-state index contributed by atoms with van der Waals surface area (Å²) in [5, 5.41) is 7.12. The van der Waals surface area contributed by atoms with Crippen molar-refractivity contribution < 1.29 is 14.1 Å². The number of carbonyl (C=O) groups excluding carboxylic acids is 2. The van der Waals surface area contributed by atoms with Gasteiger partial charge in [-0.05, 0) is 69.3 Å². The van der Waals surface area contributed by atoms with Crippen LogP contribution >= 0.6 is 0 Å². The predicted octanol–water partition coefficient (Wildman–Crippen LogP) is 5.33. The first kappa shape index (κ1) is 26.9. The summed E-state index contributed by atoms with van der Waals surface area (Å²) in [6, 6.07) is 6.12. The van der Waals surface area contributed by atoms with Gasteiger partial charge in [0.15, 0.2) is 0 Å². The number of aromatic nitrogens is 1. The summed E-state index contributed by atoms with van der Waals surface area (Å²) in [4.78, 5) is 30.0. The van der Waals surface area contributed by atoms with Crippen LogP contribution in [0, 0.1) is 5.92 Å². The highest BCUT2D eigenvalue weighted by atomic mass is 16.5. The molecule has 0 bridgehead atoms. The minimum Gasteiger partial charge on any atom is -0.364 e. The van der Waals surface area contributed by atoms with Crippen molar-refractivity contribution in [2.45, 2.75) is 92.3 Å². The molecule has 1 N–H and O–H groups in total. The molecule has 1 aliphatic heterocycles. The number of amides is 2. The van der Waals surface area contributed by atoms with E-state index in [2.05, 4.69) is 43.1 Å². The summed E-state index contributed by atoms with van der Waals surface area (Å²) in [7, 11) is 0. The van der Waals surface area contributed by atoms with E-state index < -0.39 is 0 Å². The molecule has 0 spiro atoms. The monoisotopic (exact) mass is 482 g/mol. The van der Waals surface area contributed by atoms with Gasteiger partial charge >= 0.3 is 0 Å².